The number of aliphatic imine (C=N–C) groups is 1. The Labute approximate surface area is 148 Å². The van der Waals surface area contributed by atoms with Crippen LogP contribution in [-0.2, 0) is 19.9 Å². The van der Waals surface area contributed by atoms with Crippen LogP contribution in [0.4, 0.5) is 5.69 Å². The fraction of sp³-hybridized carbons (Fsp3) is 0.154. The van der Waals surface area contributed by atoms with Gasteiger partial charge in [-0.05, 0) is 12.1 Å². The second-order valence-corrected chi connectivity index (χ2v) is 10.2. The molecule has 2 aromatic rings. The van der Waals surface area contributed by atoms with Crippen LogP contribution in [0.2, 0.25) is 5.02 Å². The van der Waals surface area contributed by atoms with Crippen LogP contribution >= 0.6 is 22.9 Å². The average Bonchev–Trinajstić information content (AvgIpc) is 2.90. The summed E-state index contributed by atoms with van der Waals surface area (Å²) < 4.78 is 50.1. The number of anilines is 1. The zero-order valence-corrected chi connectivity index (χ0v) is 15.7. The maximum absolute atomic E-state index is 12.2. The molecule has 0 unspecified atom stereocenters. The Morgan fingerprint density at radius 1 is 1.25 bits per heavy atom. The Bertz CT molecular complexity index is 1070. The molecule has 0 saturated carbocycles. The molecule has 1 aromatic heterocycles. The molecule has 0 fully saturated rings. The highest BCUT2D eigenvalue weighted by atomic mass is 35.5. The van der Waals surface area contributed by atoms with Gasteiger partial charge >= 0.3 is 0 Å². The predicted molar refractivity (Wildman–Crippen MR) is 95.2 cm³/mol. The summed E-state index contributed by atoms with van der Waals surface area (Å²) >= 11 is 7.27. The summed E-state index contributed by atoms with van der Waals surface area (Å²) in [6.45, 7) is 0. The molecule has 0 saturated heterocycles. The zero-order valence-electron chi connectivity index (χ0n) is 12.5. The first-order valence-electron chi connectivity index (χ1n) is 6.51. The fourth-order valence-electron chi connectivity index (χ4n) is 2.22. The van der Waals surface area contributed by atoms with Gasteiger partial charge in [-0.25, -0.2) is 21.6 Å². The van der Waals surface area contributed by atoms with Crippen molar-refractivity contribution in [2.75, 3.05) is 18.6 Å². The number of thiophene rings is 1. The average molecular weight is 406 g/mol. The number of sulfonamides is 1. The minimum Gasteiger partial charge on any atom is -0.323 e. The SMILES string of the molecule is CN=C1Nc2c(-c3ccc(S(C)(=O)=O)cc3Cl)csc2S(=O)(=O)N1. The van der Waals surface area contributed by atoms with Crippen LogP contribution < -0.4 is 10.0 Å². The van der Waals surface area contributed by atoms with Crippen LogP contribution in [-0.4, -0.2) is 36.1 Å². The Balaban J connectivity index is 2.19. The van der Waals surface area contributed by atoms with E-state index < -0.39 is 19.9 Å². The van der Waals surface area contributed by atoms with Gasteiger partial charge in [0.15, 0.2) is 14.0 Å². The second-order valence-electron chi connectivity index (χ2n) is 5.03. The van der Waals surface area contributed by atoms with E-state index in [9.17, 15) is 16.8 Å². The van der Waals surface area contributed by atoms with Gasteiger partial charge in [0.25, 0.3) is 10.0 Å². The van der Waals surface area contributed by atoms with Crippen LogP contribution in [0.15, 0.2) is 37.7 Å². The molecule has 0 bridgehead atoms. The molecule has 11 heteroatoms. The number of guanidine groups is 1. The van der Waals surface area contributed by atoms with Crippen LogP contribution in [0.3, 0.4) is 0 Å². The number of nitrogens with one attached hydrogen (secondary N) is 2. The van der Waals surface area contributed by atoms with Gasteiger partial charge in [0, 0.05) is 34.8 Å². The van der Waals surface area contributed by atoms with Crippen LogP contribution in [0.1, 0.15) is 0 Å². The first-order valence-corrected chi connectivity index (χ1v) is 11.1. The third-order valence-electron chi connectivity index (χ3n) is 3.36. The largest absolute Gasteiger partial charge is 0.323 e. The molecule has 3 rings (SSSR count). The summed E-state index contributed by atoms with van der Waals surface area (Å²) in [7, 11) is -5.63. The minimum absolute atomic E-state index is 0.0957. The van der Waals surface area contributed by atoms with Crippen molar-refractivity contribution in [1.29, 1.82) is 0 Å². The molecule has 0 atom stereocenters. The Kier molecular flexibility index (Phi) is 4.11. The van der Waals surface area contributed by atoms with Gasteiger partial charge in [0.2, 0.25) is 5.96 Å². The summed E-state index contributed by atoms with van der Waals surface area (Å²) in [5.74, 6) is 0.103. The molecule has 0 spiro atoms. The normalized spacial score (nSPS) is 17.9. The van der Waals surface area contributed by atoms with Crippen LogP contribution in [0.25, 0.3) is 11.1 Å². The lowest BCUT2D eigenvalue weighted by atomic mass is 10.1. The van der Waals surface area contributed by atoms with Crippen molar-refractivity contribution in [1.82, 2.24) is 4.72 Å². The fourth-order valence-corrected chi connectivity index (χ4v) is 5.66. The molecule has 1 aliphatic heterocycles. The number of fused-ring (bicyclic) bond motifs is 1. The van der Waals surface area contributed by atoms with Crippen molar-refractivity contribution in [3.63, 3.8) is 0 Å². The molecule has 128 valence electrons. The molecule has 24 heavy (non-hydrogen) atoms. The maximum Gasteiger partial charge on any atom is 0.275 e. The van der Waals surface area contributed by atoms with Gasteiger partial charge in [-0.1, -0.05) is 17.7 Å². The van der Waals surface area contributed by atoms with Crippen molar-refractivity contribution in [2.24, 2.45) is 4.99 Å². The number of sulfone groups is 1. The van der Waals surface area contributed by atoms with Crippen LogP contribution in [0.5, 0.6) is 0 Å². The number of benzene rings is 1. The summed E-state index contributed by atoms with van der Waals surface area (Å²) in [4.78, 5) is 3.93. The molecule has 2 N–H and O–H groups in total. The van der Waals surface area contributed by atoms with Crippen molar-refractivity contribution < 1.29 is 16.8 Å². The van der Waals surface area contributed by atoms with Crippen LogP contribution in [0, 0.1) is 0 Å². The van der Waals surface area contributed by atoms with E-state index in [0.29, 0.717) is 16.8 Å². The monoisotopic (exact) mass is 405 g/mol. The third kappa shape index (κ3) is 2.90. The van der Waals surface area contributed by atoms with E-state index in [1.165, 1.54) is 19.2 Å². The van der Waals surface area contributed by atoms with Gasteiger partial charge in [-0.3, -0.25) is 4.99 Å². The Morgan fingerprint density at radius 2 is 1.96 bits per heavy atom. The van der Waals surface area contributed by atoms with Gasteiger partial charge in [-0.15, -0.1) is 11.3 Å². The molecular weight excluding hydrogens is 394 g/mol. The van der Waals surface area contributed by atoms with E-state index in [1.807, 2.05) is 0 Å². The van der Waals surface area contributed by atoms with Gasteiger partial charge < -0.3 is 5.32 Å². The summed E-state index contributed by atoms with van der Waals surface area (Å²) in [5, 5.41) is 4.78. The topological polar surface area (TPSA) is 105 Å². The Hall–Kier alpha value is -1.62. The van der Waals surface area contributed by atoms with E-state index in [1.54, 1.807) is 11.4 Å². The van der Waals surface area contributed by atoms with Gasteiger partial charge in [-0.2, -0.15) is 0 Å². The molecule has 0 aliphatic carbocycles. The number of hydrogen-bond donors (Lipinski definition) is 2. The number of halogens is 1. The predicted octanol–water partition coefficient (Wildman–Crippen LogP) is 2.16. The van der Waals surface area contributed by atoms with Crippen molar-refractivity contribution >= 4 is 54.4 Å². The van der Waals surface area contributed by atoms with Crippen molar-refractivity contribution in [3.05, 3.63) is 28.6 Å². The number of rotatable bonds is 2. The molecule has 1 aliphatic rings. The molecule has 2 heterocycles. The Morgan fingerprint density at radius 3 is 2.54 bits per heavy atom. The molecule has 0 amide bonds. The highest BCUT2D eigenvalue weighted by molar-refractivity contribution is 7.92. The first-order chi connectivity index (χ1) is 11.1. The lowest BCUT2D eigenvalue weighted by Gasteiger charge is -2.19. The standard InChI is InChI=1S/C13H12ClN3O4S3/c1-15-13-16-11-9(6-22-12(11)24(20,21)17-13)8-4-3-7(5-10(8)14)23(2,18)19/h3-6H,1-2H3,(H2,15,16,17). The summed E-state index contributed by atoms with van der Waals surface area (Å²) in [6, 6.07) is 4.34. The van der Waals surface area contributed by atoms with Crippen molar-refractivity contribution in [2.45, 2.75) is 9.10 Å². The maximum atomic E-state index is 12.2. The third-order valence-corrected chi connectivity index (χ3v) is 7.65. The van der Waals surface area contributed by atoms with E-state index in [2.05, 4.69) is 15.0 Å². The lowest BCUT2D eigenvalue weighted by Crippen LogP contribution is -2.39. The first kappa shape index (κ1) is 17.2. The summed E-state index contributed by atoms with van der Waals surface area (Å²) in [5.41, 5.74) is 1.46. The quantitative estimate of drug-likeness (QED) is 0.796. The lowest BCUT2D eigenvalue weighted by molar-refractivity contribution is 0.593. The highest BCUT2D eigenvalue weighted by Gasteiger charge is 2.31. The number of hydrogen-bond acceptors (Lipinski definition) is 6. The van der Waals surface area contributed by atoms with Gasteiger partial charge in [0.05, 0.1) is 10.6 Å². The van der Waals surface area contributed by atoms with E-state index in [0.717, 1.165) is 17.6 Å². The summed E-state index contributed by atoms with van der Waals surface area (Å²) in [6.07, 6.45) is 1.09. The van der Waals surface area contributed by atoms with E-state index in [-0.39, 0.29) is 20.1 Å². The molecule has 0 radical (unpaired) electrons. The van der Waals surface area contributed by atoms with Gasteiger partial charge in [0.1, 0.15) is 0 Å². The molecular formula is C13H12ClN3O4S3. The minimum atomic E-state index is -3.70. The highest BCUT2D eigenvalue weighted by Crippen LogP contribution is 2.43. The van der Waals surface area contributed by atoms with E-state index in [4.69, 9.17) is 11.6 Å². The second kappa shape index (κ2) is 5.73. The van der Waals surface area contributed by atoms with E-state index >= 15 is 0 Å². The number of nitrogens with zero attached hydrogens (tertiary/aromatic N) is 1. The zero-order chi connectivity index (χ0) is 17.7. The van der Waals surface area contributed by atoms with Crippen molar-refractivity contribution in [3.8, 4) is 11.1 Å². The molecule has 7 nitrogen and oxygen atoms in total. The molecule has 1 aromatic carbocycles. The smallest absolute Gasteiger partial charge is 0.275 e.